The van der Waals surface area contributed by atoms with Crippen molar-refractivity contribution in [3.8, 4) is 22.6 Å². The number of pyridine rings is 1. The molecule has 0 radical (unpaired) electrons. The molecule has 1 unspecified atom stereocenters. The van der Waals surface area contributed by atoms with Crippen molar-refractivity contribution in [3.63, 3.8) is 0 Å². The van der Waals surface area contributed by atoms with Gasteiger partial charge in [0.05, 0.1) is 10.5 Å². The van der Waals surface area contributed by atoms with Crippen molar-refractivity contribution in [3.05, 3.63) is 134 Å². The fourth-order valence-corrected chi connectivity index (χ4v) is 4.21. The average molecular weight is 535 g/mol. The summed E-state index contributed by atoms with van der Waals surface area (Å²) in [4.78, 5) is 24.3. The Morgan fingerprint density at radius 1 is 0.921 bits per heavy atom. The van der Waals surface area contributed by atoms with Gasteiger partial charge in [0.2, 0.25) is 11.8 Å². The highest BCUT2D eigenvalue weighted by atomic mass is 35.5. The molecule has 3 aromatic carbocycles. The van der Waals surface area contributed by atoms with Gasteiger partial charge in [-0.2, -0.15) is 0 Å². The first-order valence-electron chi connectivity index (χ1n) is 11.3. The molecule has 2 heterocycles. The smallest absolute Gasteiger partial charge is 0.277 e. The van der Waals surface area contributed by atoms with Crippen molar-refractivity contribution in [1.82, 2.24) is 14.8 Å². The topological polar surface area (TPSA) is 104 Å². The predicted molar refractivity (Wildman–Crippen MR) is 136 cm³/mol. The Labute approximate surface area is 218 Å². The summed E-state index contributed by atoms with van der Waals surface area (Å²) in [7, 11) is 0. The molecule has 0 spiro atoms. The van der Waals surface area contributed by atoms with E-state index in [4.69, 9.17) is 16.0 Å². The molecule has 0 saturated carbocycles. The highest BCUT2D eigenvalue weighted by Crippen LogP contribution is 2.32. The lowest BCUT2D eigenvalue weighted by atomic mass is 10.0. The fraction of sp³-hybridized carbons (Fsp3) is 0.0741. The Balaban J connectivity index is 1.57. The zero-order valence-corrected chi connectivity index (χ0v) is 20.2. The van der Waals surface area contributed by atoms with E-state index in [0.717, 1.165) is 0 Å². The second-order valence-corrected chi connectivity index (χ2v) is 8.81. The number of halogens is 3. The van der Waals surface area contributed by atoms with Crippen LogP contribution < -0.4 is 5.56 Å². The third kappa shape index (κ3) is 5.21. The van der Waals surface area contributed by atoms with Crippen molar-refractivity contribution in [2.24, 2.45) is 0 Å². The Morgan fingerprint density at radius 3 is 2.26 bits per heavy atom. The molecule has 0 fully saturated rings. The molecule has 0 aliphatic carbocycles. The number of benzene rings is 3. The van der Waals surface area contributed by atoms with E-state index < -0.39 is 28.2 Å². The van der Waals surface area contributed by atoms with Gasteiger partial charge in [-0.25, -0.2) is 8.78 Å². The van der Waals surface area contributed by atoms with E-state index in [2.05, 4.69) is 10.2 Å². The van der Waals surface area contributed by atoms with Gasteiger partial charge in [-0.05, 0) is 65.7 Å². The summed E-state index contributed by atoms with van der Waals surface area (Å²) in [5, 5.41) is 20.0. The molecule has 8 nitrogen and oxygen atoms in total. The van der Waals surface area contributed by atoms with Crippen molar-refractivity contribution in [1.29, 1.82) is 0 Å². The van der Waals surface area contributed by atoms with Gasteiger partial charge in [-0.1, -0.05) is 23.7 Å². The van der Waals surface area contributed by atoms with Crippen LogP contribution in [0, 0.1) is 21.7 Å². The highest BCUT2D eigenvalue weighted by molar-refractivity contribution is 6.31. The summed E-state index contributed by atoms with van der Waals surface area (Å²) >= 11 is 6.05. The molecule has 2 aromatic heterocycles. The van der Waals surface area contributed by atoms with Crippen LogP contribution in [0.1, 0.15) is 17.5 Å². The lowest BCUT2D eigenvalue weighted by Gasteiger charge is -2.17. The van der Waals surface area contributed by atoms with Crippen LogP contribution in [0.3, 0.4) is 0 Å². The first kappa shape index (κ1) is 25.0. The normalized spacial score (nSPS) is 11.9. The van der Waals surface area contributed by atoms with Crippen molar-refractivity contribution in [2.75, 3.05) is 0 Å². The maximum absolute atomic E-state index is 13.5. The summed E-state index contributed by atoms with van der Waals surface area (Å²) < 4.78 is 34.1. The second kappa shape index (κ2) is 10.3. The largest absolute Gasteiger partial charge is 0.418 e. The molecule has 0 amide bonds. The summed E-state index contributed by atoms with van der Waals surface area (Å²) in [5.74, 6) is -0.610. The third-order valence-corrected chi connectivity index (χ3v) is 6.14. The molecule has 5 rings (SSSR count). The van der Waals surface area contributed by atoms with Gasteiger partial charge in [-0.15, -0.1) is 10.2 Å². The monoisotopic (exact) mass is 534 g/mol. The number of nitro groups is 1. The summed E-state index contributed by atoms with van der Waals surface area (Å²) in [6.07, 6.45) is 1.67. The SMILES string of the molecule is O=c1cc(-c2cc(Cl)ccc2[N+](=O)[O-])ccn1C(Cc1ccc(F)cc1)c1nnc(-c2ccc(F)cc2)o1. The van der Waals surface area contributed by atoms with Crippen molar-refractivity contribution < 1.29 is 18.1 Å². The molecule has 0 aliphatic heterocycles. The first-order chi connectivity index (χ1) is 18.3. The van der Waals surface area contributed by atoms with Crippen LogP contribution in [-0.2, 0) is 6.42 Å². The number of hydrogen-bond donors (Lipinski definition) is 0. The van der Waals surface area contributed by atoms with E-state index in [0.29, 0.717) is 16.7 Å². The van der Waals surface area contributed by atoms with E-state index in [-0.39, 0.29) is 34.5 Å². The van der Waals surface area contributed by atoms with Crippen LogP contribution in [0.15, 0.2) is 94.3 Å². The number of nitrogens with zero attached hydrogens (tertiary/aromatic N) is 4. The molecule has 0 saturated heterocycles. The van der Waals surface area contributed by atoms with E-state index in [9.17, 15) is 23.7 Å². The van der Waals surface area contributed by atoms with Crippen LogP contribution in [0.4, 0.5) is 14.5 Å². The Hall–Kier alpha value is -4.70. The summed E-state index contributed by atoms with van der Waals surface area (Å²) in [6.45, 7) is 0. The van der Waals surface area contributed by atoms with E-state index in [1.54, 1.807) is 18.2 Å². The Kier molecular flexibility index (Phi) is 6.80. The third-order valence-electron chi connectivity index (χ3n) is 5.91. The molecule has 0 bridgehead atoms. The van der Waals surface area contributed by atoms with E-state index in [1.807, 2.05) is 0 Å². The highest BCUT2D eigenvalue weighted by Gasteiger charge is 2.24. The number of nitro benzene ring substituents is 1. The van der Waals surface area contributed by atoms with E-state index in [1.165, 1.54) is 71.4 Å². The lowest BCUT2D eigenvalue weighted by Crippen LogP contribution is -2.26. The number of rotatable bonds is 7. The minimum absolute atomic E-state index is 0.0947. The zero-order chi connectivity index (χ0) is 26.8. The molecule has 190 valence electrons. The van der Waals surface area contributed by atoms with Gasteiger partial charge in [0.1, 0.15) is 17.7 Å². The molecule has 1 atom stereocenters. The number of hydrogen-bond acceptors (Lipinski definition) is 6. The van der Waals surface area contributed by atoms with Crippen LogP contribution in [0.5, 0.6) is 0 Å². The molecule has 38 heavy (non-hydrogen) atoms. The van der Waals surface area contributed by atoms with Crippen LogP contribution >= 0.6 is 11.6 Å². The first-order valence-corrected chi connectivity index (χ1v) is 11.7. The summed E-state index contributed by atoms with van der Waals surface area (Å²) in [5.41, 5.74) is 0.985. The zero-order valence-electron chi connectivity index (χ0n) is 19.4. The maximum atomic E-state index is 13.5. The van der Waals surface area contributed by atoms with Crippen LogP contribution in [-0.4, -0.2) is 19.7 Å². The quantitative estimate of drug-likeness (QED) is 0.181. The van der Waals surface area contributed by atoms with Crippen LogP contribution in [0.2, 0.25) is 5.02 Å². The molecular formula is C27H17ClF2N4O4. The van der Waals surface area contributed by atoms with Gasteiger partial charge in [0.25, 0.3) is 11.2 Å². The molecular weight excluding hydrogens is 518 g/mol. The van der Waals surface area contributed by atoms with Crippen molar-refractivity contribution >= 4 is 17.3 Å². The lowest BCUT2D eigenvalue weighted by molar-refractivity contribution is -0.384. The van der Waals surface area contributed by atoms with E-state index >= 15 is 0 Å². The molecule has 0 aliphatic rings. The van der Waals surface area contributed by atoms with Crippen molar-refractivity contribution in [2.45, 2.75) is 12.5 Å². The van der Waals surface area contributed by atoms with Gasteiger partial charge in [0, 0.05) is 35.3 Å². The minimum Gasteiger partial charge on any atom is -0.418 e. The Bertz CT molecular complexity index is 1690. The summed E-state index contributed by atoms with van der Waals surface area (Å²) in [6, 6.07) is 17.4. The van der Waals surface area contributed by atoms with Gasteiger partial charge >= 0.3 is 0 Å². The second-order valence-electron chi connectivity index (χ2n) is 8.38. The molecule has 5 aromatic rings. The van der Waals surface area contributed by atoms with Crippen LogP contribution in [0.25, 0.3) is 22.6 Å². The van der Waals surface area contributed by atoms with Gasteiger partial charge in [-0.3, -0.25) is 14.9 Å². The predicted octanol–water partition coefficient (Wildman–Crippen LogP) is 6.24. The minimum atomic E-state index is -0.793. The standard InChI is InChI=1S/C27H17ClF2N4O4/c28-19-5-10-23(34(36)37)22(15-19)18-11-12-33(25(35)14-18)24(13-16-1-6-20(29)7-2-16)27-32-31-26(38-27)17-3-8-21(30)9-4-17/h1-12,14-15,24H,13H2. The van der Waals surface area contributed by atoms with Gasteiger partial charge in [0.15, 0.2) is 0 Å². The maximum Gasteiger partial charge on any atom is 0.277 e. The van der Waals surface area contributed by atoms with Gasteiger partial charge < -0.3 is 8.98 Å². The molecule has 0 N–H and O–H groups in total. The average Bonchev–Trinajstić information content (AvgIpc) is 3.39. The number of aromatic nitrogens is 3. The molecule has 11 heteroatoms. The Morgan fingerprint density at radius 2 is 1.61 bits per heavy atom. The fourth-order valence-electron chi connectivity index (χ4n) is 4.04.